The Balaban J connectivity index is 1.72. The first kappa shape index (κ1) is 22.8. The number of carbonyl (C=O) groups excluding carboxylic acids is 1. The number of aryl methyl sites for hydroxylation is 1. The molecular weight excluding hydrogens is 477 g/mol. The summed E-state index contributed by atoms with van der Waals surface area (Å²) >= 11 is 1.12. The van der Waals surface area contributed by atoms with Gasteiger partial charge in [0.15, 0.2) is 0 Å². The highest BCUT2D eigenvalue weighted by atomic mass is 32.2. The lowest BCUT2D eigenvalue weighted by Crippen LogP contribution is -2.16. The first-order chi connectivity index (χ1) is 15.4. The number of halogens is 3. The van der Waals surface area contributed by atoms with Gasteiger partial charge in [-0.3, -0.25) is 9.52 Å². The number of nitrogens with zero attached hydrogens (tertiary/aromatic N) is 2. The number of alkyl halides is 3. The molecule has 0 aliphatic heterocycles. The molecule has 0 radical (unpaired) electrons. The van der Waals surface area contributed by atoms with Crippen LogP contribution in [0.4, 0.5) is 24.5 Å². The summed E-state index contributed by atoms with van der Waals surface area (Å²) in [4.78, 5) is 13.9. The molecule has 0 spiro atoms. The van der Waals surface area contributed by atoms with Gasteiger partial charge in [-0.1, -0.05) is 18.2 Å². The van der Waals surface area contributed by atoms with Crippen molar-refractivity contribution in [2.45, 2.75) is 13.1 Å². The highest BCUT2D eigenvalue weighted by Crippen LogP contribution is 2.35. The summed E-state index contributed by atoms with van der Waals surface area (Å²) in [5, 5.41) is 7.63. The predicted octanol–water partition coefficient (Wildman–Crippen LogP) is 5.04. The number of rotatable bonds is 5. The quantitative estimate of drug-likeness (QED) is 0.407. The van der Waals surface area contributed by atoms with Gasteiger partial charge in [0.25, 0.3) is 5.91 Å². The van der Waals surface area contributed by atoms with Crippen molar-refractivity contribution in [1.29, 1.82) is 0 Å². The number of sulfonamides is 1. The average Bonchev–Trinajstić information content (AvgIpc) is 3.29. The first-order valence-corrected chi connectivity index (χ1v) is 12.2. The van der Waals surface area contributed by atoms with Crippen LogP contribution >= 0.6 is 11.3 Å². The standard InChI is InChI=1S/C21H17F3N4O3S2/c1-12-15-11-18(32-20(15)28(26-12)14-6-4-3-5-7-14)19(29)25-17-10-13(21(22,23)24)8-9-16(17)27-33(2,30)31/h3-11,27H,1-2H3,(H,25,29). The molecular formula is C21H17F3N4O3S2. The molecule has 4 rings (SSSR count). The fourth-order valence-electron chi connectivity index (χ4n) is 3.20. The normalized spacial score (nSPS) is 12.2. The number of benzene rings is 2. The van der Waals surface area contributed by atoms with Crippen LogP contribution in [0.1, 0.15) is 20.9 Å². The molecule has 0 saturated carbocycles. The van der Waals surface area contributed by atoms with Crippen molar-refractivity contribution >= 4 is 48.9 Å². The molecule has 2 heterocycles. The summed E-state index contributed by atoms with van der Waals surface area (Å²) in [5.74, 6) is -0.675. The van der Waals surface area contributed by atoms with Crippen LogP contribution in [-0.2, 0) is 16.2 Å². The zero-order valence-corrected chi connectivity index (χ0v) is 18.9. The SMILES string of the molecule is Cc1nn(-c2ccccc2)c2sc(C(=O)Nc3cc(C(F)(F)F)ccc3NS(C)(=O)=O)cc12. The predicted molar refractivity (Wildman–Crippen MR) is 122 cm³/mol. The number of fused-ring (bicyclic) bond motifs is 1. The van der Waals surface area contributed by atoms with Gasteiger partial charge in [-0.05, 0) is 43.3 Å². The van der Waals surface area contributed by atoms with Crippen molar-refractivity contribution in [3.8, 4) is 5.69 Å². The van der Waals surface area contributed by atoms with Crippen molar-refractivity contribution in [2.75, 3.05) is 16.3 Å². The van der Waals surface area contributed by atoms with Crippen LogP contribution in [-0.4, -0.2) is 30.4 Å². The van der Waals surface area contributed by atoms with E-state index in [0.717, 1.165) is 40.8 Å². The molecule has 2 N–H and O–H groups in total. The third-order valence-electron chi connectivity index (χ3n) is 4.66. The number of hydrogen-bond donors (Lipinski definition) is 2. The smallest absolute Gasteiger partial charge is 0.319 e. The molecule has 0 saturated heterocycles. The number of aromatic nitrogens is 2. The van der Waals surface area contributed by atoms with E-state index >= 15 is 0 Å². The topological polar surface area (TPSA) is 93.1 Å². The molecule has 12 heteroatoms. The Hall–Kier alpha value is -3.38. The second kappa shape index (κ2) is 8.19. The van der Waals surface area contributed by atoms with E-state index in [4.69, 9.17) is 0 Å². The number of thiophene rings is 1. The molecule has 172 valence electrons. The van der Waals surface area contributed by atoms with Crippen LogP contribution in [0, 0.1) is 6.92 Å². The number of amides is 1. The highest BCUT2D eigenvalue weighted by Gasteiger charge is 2.31. The summed E-state index contributed by atoms with van der Waals surface area (Å²) in [6, 6.07) is 13.3. The second-order valence-corrected chi connectivity index (χ2v) is 10.0. The maximum Gasteiger partial charge on any atom is 0.416 e. The van der Waals surface area contributed by atoms with E-state index in [-0.39, 0.29) is 16.3 Å². The van der Waals surface area contributed by atoms with Crippen LogP contribution in [0.2, 0.25) is 0 Å². The summed E-state index contributed by atoms with van der Waals surface area (Å²) in [5.41, 5.74) is -0.0287. The molecule has 33 heavy (non-hydrogen) atoms. The number of hydrogen-bond acceptors (Lipinski definition) is 5. The van der Waals surface area contributed by atoms with Gasteiger partial charge >= 0.3 is 6.18 Å². The van der Waals surface area contributed by atoms with Crippen LogP contribution in [0.15, 0.2) is 54.6 Å². The molecule has 2 aromatic heterocycles. The summed E-state index contributed by atoms with van der Waals surface area (Å²) in [6.45, 7) is 1.79. The van der Waals surface area contributed by atoms with Gasteiger partial charge in [0, 0.05) is 5.39 Å². The number of anilines is 2. The van der Waals surface area contributed by atoms with Crippen molar-refractivity contribution in [1.82, 2.24) is 9.78 Å². The van der Waals surface area contributed by atoms with Gasteiger partial charge < -0.3 is 5.32 Å². The van der Waals surface area contributed by atoms with Gasteiger partial charge in [0.05, 0.1) is 39.5 Å². The lowest BCUT2D eigenvalue weighted by molar-refractivity contribution is -0.137. The van der Waals surface area contributed by atoms with Crippen molar-refractivity contribution in [3.05, 3.63) is 70.7 Å². The lowest BCUT2D eigenvalue weighted by Gasteiger charge is -2.15. The van der Waals surface area contributed by atoms with Gasteiger partial charge in [0.1, 0.15) is 4.83 Å². The number of para-hydroxylation sites is 1. The molecule has 7 nitrogen and oxygen atoms in total. The minimum atomic E-state index is -4.67. The van der Waals surface area contributed by atoms with Crippen LogP contribution in [0.5, 0.6) is 0 Å². The van der Waals surface area contributed by atoms with E-state index in [1.165, 1.54) is 0 Å². The van der Waals surface area contributed by atoms with Gasteiger partial charge in [-0.15, -0.1) is 11.3 Å². The summed E-state index contributed by atoms with van der Waals surface area (Å²) < 4.78 is 66.6. The fraction of sp³-hybridized carbons (Fsp3) is 0.143. The molecule has 0 aliphatic rings. The van der Waals surface area contributed by atoms with E-state index in [1.807, 2.05) is 30.3 Å². The largest absolute Gasteiger partial charge is 0.416 e. The van der Waals surface area contributed by atoms with Gasteiger partial charge in [0.2, 0.25) is 10.0 Å². The molecule has 0 bridgehead atoms. The summed E-state index contributed by atoms with van der Waals surface area (Å²) in [7, 11) is -3.79. The monoisotopic (exact) mass is 494 g/mol. The lowest BCUT2D eigenvalue weighted by atomic mass is 10.1. The third-order valence-corrected chi connectivity index (χ3v) is 6.36. The Kier molecular flexibility index (Phi) is 5.66. The molecule has 0 fully saturated rings. The molecule has 2 aromatic carbocycles. The zero-order chi connectivity index (χ0) is 24.0. The van der Waals surface area contributed by atoms with Crippen molar-refractivity contribution in [2.24, 2.45) is 0 Å². The molecule has 4 aromatic rings. The minimum absolute atomic E-state index is 0.174. The van der Waals surface area contributed by atoms with E-state index in [2.05, 4.69) is 15.1 Å². The van der Waals surface area contributed by atoms with E-state index in [1.54, 1.807) is 17.7 Å². The zero-order valence-electron chi connectivity index (χ0n) is 17.3. The maximum atomic E-state index is 13.2. The van der Waals surface area contributed by atoms with Crippen LogP contribution < -0.4 is 10.0 Å². The molecule has 0 aliphatic carbocycles. The Bertz CT molecular complexity index is 1460. The first-order valence-electron chi connectivity index (χ1n) is 9.47. The second-order valence-electron chi connectivity index (χ2n) is 7.25. The van der Waals surface area contributed by atoms with Crippen molar-refractivity contribution < 1.29 is 26.4 Å². The Morgan fingerprint density at radius 3 is 2.39 bits per heavy atom. The number of carbonyl (C=O) groups is 1. The van der Waals surface area contributed by atoms with Crippen LogP contribution in [0.25, 0.3) is 15.9 Å². The highest BCUT2D eigenvalue weighted by molar-refractivity contribution is 7.92. The van der Waals surface area contributed by atoms with Crippen LogP contribution in [0.3, 0.4) is 0 Å². The van der Waals surface area contributed by atoms with E-state index < -0.39 is 27.7 Å². The Labute approximate surface area is 190 Å². The van der Waals surface area contributed by atoms with Gasteiger partial charge in [-0.25, -0.2) is 13.1 Å². The van der Waals surface area contributed by atoms with Crippen molar-refractivity contribution in [3.63, 3.8) is 0 Å². The summed E-state index contributed by atoms with van der Waals surface area (Å²) in [6.07, 6.45) is -3.81. The third kappa shape index (κ3) is 4.86. The van der Waals surface area contributed by atoms with Gasteiger partial charge in [-0.2, -0.15) is 18.3 Å². The van der Waals surface area contributed by atoms with E-state index in [0.29, 0.717) is 16.6 Å². The molecule has 0 unspecified atom stereocenters. The number of nitrogens with one attached hydrogen (secondary N) is 2. The maximum absolute atomic E-state index is 13.2. The molecule has 0 atom stereocenters. The average molecular weight is 495 g/mol. The van der Waals surface area contributed by atoms with E-state index in [9.17, 15) is 26.4 Å². The molecule has 1 amide bonds. The Morgan fingerprint density at radius 1 is 1.06 bits per heavy atom. The fourth-order valence-corrected chi connectivity index (χ4v) is 4.86. The minimum Gasteiger partial charge on any atom is -0.319 e. The Morgan fingerprint density at radius 2 is 1.76 bits per heavy atom.